The van der Waals surface area contributed by atoms with Crippen molar-refractivity contribution in [1.82, 2.24) is 19.2 Å². The van der Waals surface area contributed by atoms with Crippen LogP contribution in [-0.2, 0) is 16.3 Å². The van der Waals surface area contributed by atoms with Crippen LogP contribution >= 0.6 is 0 Å². The van der Waals surface area contributed by atoms with Crippen LogP contribution in [0.5, 0.6) is 0 Å². The molecular weight excluding hydrogens is 340 g/mol. The van der Waals surface area contributed by atoms with E-state index >= 15 is 0 Å². The number of benzene rings is 1. The number of fused-ring (bicyclic) bond motifs is 1. The highest BCUT2D eigenvalue weighted by molar-refractivity contribution is 7.92. The summed E-state index contributed by atoms with van der Waals surface area (Å²) in [5.41, 5.74) is 2.23. The molecule has 1 aromatic carbocycles. The number of nitrogens with zero attached hydrogens (tertiary/aromatic N) is 4. The first-order valence-electron chi connectivity index (χ1n) is 7.89. The maximum atomic E-state index is 12.5. The van der Waals surface area contributed by atoms with E-state index in [1.165, 1.54) is 10.8 Å². The quantitative estimate of drug-likeness (QED) is 0.527. The first-order chi connectivity index (χ1) is 11.8. The van der Waals surface area contributed by atoms with Crippen molar-refractivity contribution in [2.24, 2.45) is 0 Å². The Morgan fingerprint density at radius 1 is 1.28 bits per heavy atom. The van der Waals surface area contributed by atoms with Crippen molar-refractivity contribution in [3.8, 4) is 0 Å². The predicted octanol–water partition coefficient (Wildman–Crippen LogP) is 1.48. The third-order valence-electron chi connectivity index (χ3n) is 3.93. The number of hydrogen-bond acceptors (Lipinski definition) is 6. The molecule has 0 amide bonds. The van der Waals surface area contributed by atoms with Gasteiger partial charge in [-0.15, -0.1) is 0 Å². The molecule has 1 atom stereocenters. The van der Waals surface area contributed by atoms with Crippen molar-refractivity contribution >= 4 is 20.9 Å². The lowest BCUT2D eigenvalue weighted by atomic mass is 10.1. The van der Waals surface area contributed by atoms with Crippen molar-refractivity contribution in [2.45, 2.75) is 32.0 Å². The molecule has 1 unspecified atom stereocenters. The van der Waals surface area contributed by atoms with E-state index in [1.54, 1.807) is 0 Å². The van der Waals surface area contributed by atoms with Gasteiger partial charge in [0.25, 0.3) is 0 Å². The summed E-state index contributed by atoms with van der Waals surface area (Å²) in [6.07, 6.45) is 1.94. The van der Waals surface area contributed by atoms with Gasteiger partial charge in [0.05, 0.1) is 12.7 Å². The van der Waals surface area contributed by atoms with E-state index in [1.807, 2.05) is 38.1 Å². The zero-order chi connectivity index (χ0) is 18.2. The molecule has 0 aliphatic heterocycles. The second-order valence-electron chi connectivity index (χ2n) is 5.97. The number of nitrogens with one attached hydrogen (secondary N) is 1. The van der Waals surface area contributed by atoms with Crippen LogP contribution in [0.3, 0.4) is 0 Å². The summed E-state index contributed by atoms with van der Waals surface area (Å²) in [7, 11) is -3.09. The monoisotopic (exact) mass is 360 g/mol. The van der Waals surface area contributed by atoms with Gasteiger partial charge in [0.1, 0.15) is 15.2 Å². The maximum absolute atomic E-state index is 12.5. The van der Waals surface area contributed by atoms with Crippen LogP contribution in [0, 0.1) is 11.7 Å². The number of rotatable bonds is 5. The molecule has 0 radical (unpaired) electrons. The van der Waals surface area contributed by atoms with Crippen molar-refractivity contribution in [1.29, 1.82) is 4.78 Å². The van der Waals surface area contributed by atoms with Gasteiger partial charge in [0.2, 0.25) is 5.16 Å². The average molecular weight is 360 g/mol. The summed E-state index contributed by atoms with van der Waals surface area (Å²) < 4.78 is 22.8. The number of nitrogen functional groups attached to an aromatic ring is 1. The van der Waals surface area contributed by atoms with Crippen molar-refractivity contribution in [3.05, 3.63) is 52.1 Å². The molecule has 9 heteroatoms. The molecule has 25 heavy (non-hydrogen) atoms. The SMILES string of the molecule is CCCS(=N)(=O)c1ncc2c(n1)n(Cc1ccc(C)cc1)c(=O)n2N. The number of aryl methyl sites for hydroxylation is 1. The van der Waals surface area contributed by atoms with Gasteiger partial charge in [-0.25, -0.2) is 23.4 Å². The minimum atomic E-state index is -3.09. The lowest BCUT2D eigenvalue weighted by Crippen LogP contribution is -2.29. The lowest BCUT2D eigenvalue weighted by Gasteiger charge is -2.06. The van der Waals surface area contributed by atoms with Gasteiger partial charge < -0.3 is 5.84 Å². The number of aromatic nitrogens is 4. The zero-order valence-electron chi connectivity index (χ0n) is 14.1. The van der Waals surface area contributed by atoms with Crippen LogP contribution < -0.4 is 11.5 Å². The number of hydrogen-bond donors (Lipinski definition) is 2. The standard InChI is InChI=1S/C16H20N6O2S/c1-3-8-25(18,24)15-19-9-13-14(20-15)21(16(23)22(13)17)10-12-6-4-11(2)5-7-12/h4-7,9,18H,3,8,10,17H2,1-2H3. The molecule has 132 valence electrons. The highest BCUT2D eigenvalue weighted by Gasteiger charge is 2.19. The molecule has 0 saturated carbocycles. The molecule has 0 aliphatic carbocycles. The normalized spacial score (nSPS) is 13.8. The number of imidazole rings is 1. The molecule has 0 fully saturated rings. The van der Waals surface area contributed by atoms with Crippen molar-refractivity contribution in [2.75, 3.05) is 11.6 Å². The largest absolute Gasteiger partial charge is 0.349 e. The van der Waals surface area contributed by atoms with Gasteiger partial charge >= 0.3 is 5.69 Å². The fourth-order valence-electron chi connectivity index (χ4n) is 2.60. The highest BCUT2D eigenvalue weighted by Crippen LogP contribution is 2.15. The van der Waals surface area contributed by atoms with Crippen LogP contribution in [0.15, 0.2) is 40.4 Å². The third-order valence-corrected chi connectivity index (χ3v) is 5.70. The Morgan fingerprint density at radius 3 is 2.60 bits per heavy atom. The Balaban J connectivity index is 2.15. The average Bonchev–Trinajstić information content (AvgIpc) is 2.81. The van der Waals surface area contributed by atoms with E-state index in [9.17, 15) is 9.00 Å². The topological polar surface area (TPSA) is 120 Å². The van der Waals surface area contributed by atoms with Gasteiger partial charge in [-0.3, -0.25) is 4.57 Å². The Labute approximate surface area is 145 Å². The Bertz CT molecular complexity index is 1080. The summed E-state index contributed by atoms with van der Waals surface area (Å²) in [6.45, 7) is 4.11. The van der Waals surface area contributed by atoms with Gasteiger partial charge in [0, 0.05) is 5.75 Å². The van der Waals surface area contributed by atoms with E-state index in [0.29, 0.717) is 11.9 Å². The molecule has 3 N–H and O–H groups in total. The van der Waals surface area contributed by atoms with Gasteiger partial charge in [-0.2, -0.15) is 4.98 Å². The second-order valence-corrected chi connectivity index (χ2v) is 8.09. The Hall–Kier alpha value is -2.68. The summed E-state index contributed by atoms with van der Waals surface area (Å²) in [5, 5.41) is -0.0647. The lowest BCUT2D eigenvalue weighted by molar-refractivity contribution is 0.664. The van der Waals surface area contributed by atoms with Gasteiger partial charge in [-0.05, 0) is 18.9 Å². The minimum absolute atomic E-state index is 0.0647. The molecule has 2 heterocycles. The van der Waals surface area contributed by atoms with E-state index in [4.69, 9.17) is 10.6 Å². The fourth-order valence-corrected chi connectivity index (χ4v) is 3.81. The molecular formula is C16H20N6O2S. The molecule has 2 aromatic heterocycles. The molecule has 8 nitrogen and oxygen atoms in total. The summed E-state index contributed by atoms with van der Waals surface area (Å²) in [6, 6.07) is 7.77. The van der Waals surface area contributed by atoms with Crippen LogP contribution in [0.25, 0.3) is 11.2 Å². The summed E-state index contributed by atoms with van der Waals surface area (Å²) in [4.78, 5) is 20.7. The minimum Gasteiger partial charge on any atom is -0.335 e. The first kappa shape index (κ1) is 17.2. The van der Waals surface area contributed by atoms with Crippen LogP contribution in [0.1, 0.15) is 24.5 Å². The third kappa shape index (κ3) is 3.14. The molecule has 3 rings (SSSR count). The summed E-state index contributed by atoms with van der Waals surface area (Å²) in [5.74, 6) is 5.99. The van der Waals surface area contributed by atoms with Crippen LogP contribution in [0.4, 0.5) is 0 Å². The van der Waals surface area contributed by atoms with Crippen molar-refractivity contribution in [3.63, 3.8) is 0 Å². The Morgan fingerprint density at radius 2 is 1.96 bits per heavy atom. The van der Waals surface area contributed by atoms with Crippen LogP contribution in [-0.4, -0.2) is 29.2 Å². The number of nitrogens with two attached hydrogens (primary N) is 1. The predicted molar refractivity (Wildman–Crippen MR) is 96.5 cm³/mol. The maximum Gasteiger partial charge on any atom is 0.349 e. The highest BCUT2D eigenvalue weighted by atomic mass is 32.2. The van der Waals surface area contributed by atoms with E-state index in [-0.39, 0.29) is 23.1 Å². The van der Waals surface area contributed by atoms with E-state index < -0.39 is 15.4 Å². The summed E-state index contributed by atoms with van der Waals surface area (Å²) >= 11 is 0. The van der Waals surface area contributed by atoms with Gasteiger partial charge in [0.15, 0.2) is 5.65 Å². The second kappa shape index (κ2) is 6.32. The fraction of sp³-hybridized carbons (Fsp3) is 0.312. The Kier molecular flexibility index (Phi) is 4.34. The van der Waals surface area contributed by atoms with Crippen LogP contribution in [0.2, 0.25) is 0 Å². The smallest absolute Gasteiger partial charge is 0.335 e. The first-order valence-corrected chi connectivity index (χ1v) is 9.61. The van der Waals surface area contributed by atoms with E-state index in [0.717, 1.165) is 15.8 Å². The zero-order valence-corrected chi connectivity index (χ0v) is 14.9. The van der Waals surface area contributed by atoms with E-state index in [2.05, 4.69) is 9.97 Å². The van der Waals surface area contributed by atoms with Crippen molar-refractivity contribution < 1.29 is 4.21 Å². The molecule has 0 spiro atoms. The molecule has 3 aromatic rings. The van der Waals surface area contributed by atoms with Gasteiger partial charge in [-0.1, -0.05) is 36.8 Å². The molecule has 0 aliphatic rings. The molecule has 0 saturated heterocycles. The molecule has 0 bridgehead atoms.